The van der Waals surface area contributed by atoms with Gasteiger partial charge in [0.1, 0.15) is 0 Å². The van der Waals surface area contributed by atoms with Crippen molar-refractivity contribution in [1.29, 1.82) is 0 Å². The Morgan fingerprint density at radius 2 is 2.00 bits per heavy atom. The van der Waals surface area contributed by atoms with Crippen LogP contribution in [0.2, 0.25) is 0 Å². The second-order valence-corrected chi connectivity index (χ2v) is 2.82. The zero-order chi connectivity index (χ0) is 10.6. The number of halogens is 3. The first-order valence-corrected chi connectivity index (χ1v) is 3.90. The van der Waals surface area contributed by atoms with Crippen molar-refractivity contribution in [2.24, 2.45) is 5.73 Å². The van der Waals surface area contributed by atoms with Gasteiger partial charge in [-0.15, -0.1) is 0 Å². The van der Waals surface area contributed by atoms with Crippen LogP contribution in [0.15, 0.2) is 0 Å². The molecule has 0 bridgehead atoms. The molecule has 0 aliphatic heterocycles. The van der Waals surface area contributed by atoms with E-state index in [1.54, 1.807) is 6.92 Å². The molecule has 0 aromatic heterocycles. The number of likely N-dealkylation sites (N-methyl/N-ethyl adjacent to an activating group) is 1. The number of carbonyl (C=O) groups is 1. The summed E-state index contributed by atoms with van der Waals surface area (Å²) in [5, 5.41) is 0. The van der Waals surface area contributed by atoms with Crippen molar-refractivity contribution in [1.82, 2.24) is 4.90 Å². The third-order valence-electron chi connectivity index (χ3n) is 1.42. The van der Waals surface area contributed by atoms with Crippen LogP contribution in [0.25, 0.3) is 0 Å². The van der Waals surface area contributed by atoms with Crippen LogP contribution in [0.1, 0.15) is 13.8 Å². The van der Waals surface area contributed by atoms with Crippen molar-refractivity contribution >= 4 is 5.91 Å². The summed E-state index contributed by atoms with van der Waals surface area (Å²) in [5.74, 6) is -1.83. The summed E-state index contributed by atoms with van der Waals surface area (Å²) in [5.41, 5.74) is 5.29. The first kappa shape index (κ1) is 12.2. The standard InChI is InChI=1S/C7H13F3N2O/c1-3-12(4-5(2)11)6(13)7(8,9)10/h5H,3-4,11H2,1-2H3. The van der Waals surface area contributed by atoms with Gasteiger partial charge in [-0.1, -0.05) is 0 Å². The lowest BCUT2D eigenvalue weighted by Crippen LogP contribution is -2.45. The Hall–Kier alpha value is -0.780. The van der Waals surface area contributed by atoms with E-state index in [1.165, 1.54) is 6.92 Å². The summed E-state index contributed by atoms with van der Waals surface area (Å²) < 4.78 is 35.7. The number of hydrogen-bond acceptors (Lipinski definition) is 2. The zero-order valence-electron chi connectivity index (χ0n) is 7.56. The monoisotopic (exact) mass is 198 g/mol. The van der Waals surface area contributed by atoms with Crippen LogP contribution in [0.5, 0.6) is 0 Å². The van der Waals surface area contributed by atoms with Crippen molar-refractivity contribution in [3.8, 4) is 0 Å². The fourth-order valence-corrected chi connectivity index (χ4v) is 0.883. The van der Waals surface area contributed by atoms with E-state index in [4.69, 9.17) is 5.73 Å². The topological polar surface area (TPSA) is 46.3 Å². The molecular formula is C7H13F3N2O. The van der Waals surface area contributed by atoms with Gasteiger partial charge in [0.15, 0.2) is 0 Å². The molecule has 0 aliphatic carbocycles. The van der Waals surface area contributed by atoms with E-state index in [9.17, 15) is 18.0 Å². The van der Waals surface area contributed by atoms with Gasteiger partial charge in [-0.05, 0) is 13.8 Å². The van der Waals surface area contributed by atoms with E-state index in [0.717, 1.165) is 0 Å². The summed E-state index contributed by atoms with van der Waals surface area (Å²) in [7, 11) is 0. The number of amides is 1. The van der Waals surface area contributed by atoms with E-state index in [-0.39, 0.29) is 13.1 Å². The zero-order valence-corrected chi connectivity index (χ0v) is 7.56. The molecule has 0 saturated heterocycles. The van der Waals surface area contributed by atoms with Crippen LogP contribution in [-0.4, -0.2) is 36.1 Å². The highest BCUT2D eigenvalue weighted by molar-refractivity contribution is 5.81. The first-order chi connectivity index (χ1) is 5.79. The third kappa shape index (κ3) is 4.12. The lowest BCUT2D eigenvalue weighted by Gasteiger charge is -2.23. The van der Waals surface area contributed by atoms with Crippen LogP contribution in [0, 0.1) is 0 Å². The summed E-state index contributed by atoms with van der Waals surface area (Å²) >= 11 is 0. The highest BCUT2D eigenvalue weighted by Crippen LogP contribution is 2.18. The predicted octanol–water partition coefficient (Wildman–Crippen LogP) is 0.744. The fourth-order valence-electron chi connectivity index (χ4n) is 0.883. The normalized spacial score (nSPS) is 14.0. The molecule has 0 radical (unpaired) electrons. The second kappa shape index (κ2) is 4.45. The molecule has 6 heteroatoms. The minimum atomic E-state index is -4.80. The molecule has 0 rings (SSSR count). The molecule has 0 fully saturated rings. The van der Waals surface area contributed by atoms with Gasteiger partial charge < -0.3 is 10.6 Å². The maximum Gasteiger partial charge on any atom is 0.471 e. The SMILES string of the molecule is CCN(CC(C)N)C(=O)C(F)(F)F. The Balaban J connectivity index is 4.33. The van der Waals surface area contributed by atoms with E-state index in [2.05, 4.69) is 0 Å². The number of nitrogens with two attached hydrogens (primary N) is 1. The molecule has 78 valence electrons. The molecule has 0 heterocycles. The molecular weight excluding hydrogens is 185 g/mol. The van der Waals surface area contributed by atoms with Crippen molar-refractivity contribution in [3.63, 3.8) is 0 Å². The summed E-state index contributed by atoms with van der Waals surface area (Å²) in [6.07, 6.45) is -4.80. The summed E-state index contributed by atoms with van der Waals surface area (Å²) in [6, 6.07) is -0.453. The van der Waals surface area contributed by atoms with Crippen molar-refractivity contribution in [2.45, 2.75) is 26.1 Å². The third-order valence-corrected chi connectivity index (χ3v) is 1.42. The van der Waals surface area contributed by atoms with E-state index in [0.29, 0.717) is 4.90 Å². The Bertz CT molecular complexity index is 179. The molecule has 2 N–H and O–H groups in total. The Labute approximate surface area is 74.7 Å². The molecule has 3 nitrogen and oxygen atoms in total. The molecule has 1 amide bonds. The molecule has 0 saturated carbocycles. The van der Waals surface area contributed by atoms with Gasteiger partial charge in [0.25, 0.3) is 0 Å². The van der Waals surface area contributed by atoms with Gasteiger partial charge in [-0.3, -0.25) is 4.79 Å². The lowest BCUT2D eigenvalue weighted by molar-refractivity contribution is -0.185. The number of nitrogens with zero attached hydrogens (tertiary/aromatic N) is 1. The quantitative estimate of drug-likeness (QED) is 0.727. The van der Waals surface area contributed by atoms with Crippen LogP contribution in [0.4, 0.5) is 13.2 Å². The number of rotatable bonds is 3. The van der Waals surface area contributed by atoms with Gasteiger partial charge in [0.05, 0.1) is 0 Å². The number of carbonyl (C=O) groups excluding carboxylic acids is 1. The number of hydrogen-bond donors (Lipinski definition) is 1. The van der Waals surface area contributed by atoms with E-state index in [1.807, 2.05) is 0 Å². The minimum Gasteiger partial charge on any atom is -0.334 e. The van der Waals surface area contributed by atoms with E-state index < -0.39 is 18.1 Å². The van der Waals surface area contributed by atoms with Crippen LogP contribution >= 0.6 is 0 Å². The molecule has 0 aromatic carbocycles. The van der Waals surface area contributed by atoms with Gasteiger partial charge in [-0.25, -0.2) is 0 Å². The predicted molar refractivity (Wildman–Crippen MR) is 42.0 cm³/mol. The molecule has 0 aliphatic rings. The van der Waals surface area contributed by atoms with Gasteiger partial charge in [-0.2, -0.15) is 13.2 Å². The molecule has 1 unspecified atom stereocenters. The minimum absolute atomic E-state index is 0.0138. The van der Waals surface area contributed by atoms with Crippen LogP contribution in [0.3, 0.4) is 0 Å². The van der Waals surface area contributed by atoms with Crippen molar-refractivity contribution < 1.29 is 18.0 Å². The second-order valence-electron chi connectivity index (χ2n) is 2.82. The molecule has 0 aromatic rings. The molecule has 13 heavy (non-hydrogen) atoms. The summed E-state index contributed by atoms with van der Waals surface area (Å²) in [6.45, 7) is 2.97. The average molecular weight is 198 g/mol. The van der Waals surface area contributed by atoms with Gasteiger partial charge in [0, 0.05) is 19.1 Å². The van der Waals surface area contributed by atoms with Crippen molar-refractivity contribution in [2.75, 3.05) is 13.1 Å². The summed E-state index contributed by atoms with van der Waals surface area (Å²) in [4.78, 5) is 11.4. The van der Waals surface area contributed by atoms with Crippen molar-refractivity contribution in [3.05, 3.63) is 0 Å². The molecule has 0 spiro atoms. The van der Waals surface area contributed by atoms with Gasteiger partial charge >= 0.3 is 12.1 Å². The maximum absolute atomic E-state index is 11.9. The maximum atomic E-state index is 11.9. The van der Waals surface area contributed by atoms with E-state index >= 15 is 0 Å². The lowest BCUT2D eigenvalue weighted by atomic mass is 10.3. The number of alkyl halides is 3. The highest BCUT2D eigenvalue weighted by Gasteiger charge is 2.41. The Morgan fingerprint density at radius 3 is 2.23 bits per heavy atom. The highest BCUT2D eigenvalue weighted by atomic mass is 19.4. The van der Waals surface area contributed by atoms with Crippen LogP contribution in [-0.2, 0) is 4.79 Å². The average Bonchev–Trinajstić information content (AvgIpc) is 1.96. The van der Waals surface area contributed by atoms with Crippen LogP contribution < -0.4 is 5.73 Å². The van der Waals surface area contributed by atoms with Gasteiger partial charge in [0.2, 0.25) is 0 Å². The smallest absolute Gasteiger partial charge is 0.334 e. The fraction of sp³-hybridized carbons (Fsp3) is 0.857. The Kier molecular flexibility index (Phi) is 4.19. The Morgan fingerprint density at radius 1 is 1.54 bits per heavy atom. The molecule has 1 atom stereocenters. The first-order valence-electron chi connectivity index (χ1n) is 3.90. The largest absolute Gasteiger partial charge is 0.471 e.